The van der Waals surface area contributed by atoms with E-state index in [2.05, 4.69) is 0 Å². The maximum absolute atomic E-state index is 11.8. The topological polar surface area (TPSA) is 124 Å². The fourth-order valence-corrected chi connectivity index (χ4v) is 5.80. The van der Waals surface area contributed by atoms with Gasteiger partial charge in [-0.1, -0.05) is 0 Å². The second-order valence-electron chi connectivity index (χ2n) is 5.17. The van der Waals surface area contributed by atoms with Gasteiger partial charge in [-0.05, 0) is 12.8 Å². The predicted molar refractivity (Wildman–Crippen MR) is 60.1 cm³/mol. The first-order chi connectivity index (χ1) is 8.67. The van der Waals surface area contributed by atoms with Gasteiger partial charge in [0.05, 0.1) is 6.10 Å². The highest BCUT2D eigenvalue weighted by molar-refractivity contribution is 7.87. The van der Waals surface area contributed by atoms with Gasteiger partial charge in [0.25, 0.3) is 20.2 Å². The summed E-state index contributed by atoms with van der Waals surface area (Å²) >= 11 is 0. The van der Waals surface area contributed by atoms with Crippen LogP contribution in [0, 0.1) is 11.8 Å². The predicted octanol–water partition coefficient (Wildman–Crippen LogP) is -1.08. The van der Waals surface area contributed by atoms with Crippen molar-refractivity contribution in [2.75, 3.05) is 5.75 Å². The van der Waals surface area contributed by atoms with Gasteiger partial charge in [0.1, 0.15) is 11.4 Å². The number of hydrogen-bond donors (Lipinski definition) is 1. The number of ether oxygens (including phenoxy) is 1. The Morgan fingerprint density at radius 3 is 2.68 bits per heavy atom. The highest BCUT2D eigenvalue weighted by Crippen LogP contribution is 2.55. The molecule has 3 rings (SSSR count). The average molecular weight is 312 g/mol. The summed E-state index contributed by atoms with van der Waals surface area (Å²) in [6.45, 7) is 0. The smallest absolute Gasteiger partial charge is 0.323 e. The Morgan fingerprint density at radius 2 is 2.05 bits per heavy atom. The largest absolute Gasteiger partial charge is 0.460 e. The molecule has 1 saturated heterocycles. The van der Waals surface area contributed by atoms with Crippen molar-refractivity contribution >= 4 is 26.2 Å². The molecule has 2 aliphatic carbocycles. The zero-order chi connectivity index (χ0) is 14.0. The minimum atomic E-state index is -4.48. The molecule has 0 spiro atoms. The number of esters is 1. The third-order valence-electron chi connectivity index (χ3n) is 3.96. The van der Waals surface area contributed by atoms with Crippen molar-refractivity contribution in [3.8, 4) is 0 Å². The Kier molecular flexibility index (Phi) is 2.73. The van der Waals surface area contributed by atoms with Crippen LogP contribution < -0.4 is 0 Å². The highest BCUT2D eigenvalue weighted by atomic mass is 32.2. The van der Waals surface area contributed by atoms with Crippen molar-refractivity contribution in [3.63, 3.8) is 0 Å². The summed E-state index contributed by atoms with van der Waals surface area (Å²) in [6.07, 6.45) is -0.123. The van der Waals surface area contributed by atoms with Crippen LogP contribution in [0.4, 0.5) is 0 Å². The standard InChI is InChI=1S/C9H12O8S2/c10-7(3-18(11,12)13)16-8-4-1-5-6(2-4)17-19(14,15)9(5)8/h4-6,8-9H,1-3H2,(H,11,12,13). The summed E-state index contributed by atoms with van der Waals surface area (Å²) < 4.78 is 63.2. The minimum absolute atomic E-state index is 0.123. The van der Waals surface area contributed by atoms with Gasteiger partial charge < -0.3 is 4.74 Å². The lowest BCUT2D eigenvalue weighted by Crippen LogP contribution is -2.40. The SMILES string of the molecule is O=C(CS(=O)(=O)O)OC1C2CC3OS(=O)(=O)C1C3C2. The molecular weight excluding hydrogens is 300 g/mol. The van der Waals surface area contributed by atoms with E-state index >= 15 is 0 Å². The van der Waals surface area contributed by atoms with Gasteiger partial charge in [0.2, 0.25) is 0 Å². The van der Waals surface area contributed by atoms with Crippen LogP contribution in [0.3, 0.4) is 0 Å². The van der Waals surface area contributed by atoms with Crippen molar-refractivity contribution in [2.24, 2.45) is 11.8 Å². The quantitative estimate of drug-likeness (QED) is 0.396. The molecule has 1 aliphatic heterocycles. The van der Waals surface area contributed by atoms with Crippen LogP contribution in [-0.4, -0.2) is 50.6 Å². The Bertz CT molecular complexity index is 619. The minimum Gasteiger partial charge on any atom is -0.460 e. The number of carbonyl (C=O) groups is 1. The third-order valence-corrected chi connectivity index (χ3v) is 6.36. The van der Waals surface area contributed by atoms with Crippen LogP contribution >= 0.6 is 0 Å². The van der Waals surface area contributed by atoms with Gasteiger partial charge in [0.15, 0.2) is 5.75 Å². The fourth-order valence-electron chi connectivity index (χ4n) is 3.42. The van der Waals surface area contributed by atoms with E-state index in [9.17, 15) is 21.6 Å². The molecule has 0 aromatic carbocycles. The van der Waals surface area contributed by atoms with Crippen LogP contribution in [0.5, 0.6) is 0 Å². The third kappa shape index (κ3) is 2.16. The zero-order valence-electron chi connectivity index (χ0n) is 9.63. The van der Waals surface area contributed by atoms with E-state index in [1.165, 1.54) is 0 Å². The lowest BCUT2D eigenvalue weighted by molar-refractivity contribution is -0.148. The van der Waals surface area contributed by atoms with Crippen molar-refractivity contribution < 1.29 is 35.1 Å². The van der Waals surface area contributed by atoms with Gasteiger partial charge in [0, 0.05) is 11.8 Å². The first-order valence-corrected chi connectivity index (χ1v) is 8.82. The van der Waals surface area contributed by atoms with Crippen LogP contribution in [0.25, 0.3) is 0 Å². The van der Waals surface area contributed by atoms with E-state index in [0.717, 1.165) is 0 Å². The Morgan fingerprint density at radius 1 is 1.37 bits per heavy atom. The fraction of sp³-hybridized carbons (Fsp3) is 0.889. The van der Waals surface area contributed by atoms with E-state index in [4.69, 9.17) is 13.5 Å². The molecule has 0 radical (unpaired) electrons. The van der Waals surface area contributed by atoms with Crippen LogP contribution in [0.1, 0.15) is 12.8 Å². The molecule has 10 heteroatoms. The van der Waals surface area contributed by atoms with Gasteiger partial charge in [-0.15, -0.1) is 0 Å². The molecule has 0 aromatic heterocycles. The van der Waals surface area contributed by atoms with Gasteiger partial charge >= 0.3 is 5.97 Å². The van der Waals surface area contributed by atoms with Gasteiger partial charge in [-0.2, -0.15) is 16.8 Å². The normalized spacial score (nSPS) is 42.5. The molecule has 8 nitrogen and oxygen atoms in total. The molecular formula is C9H12O8S2. The summed E-state index contributed by atoms with van der Waals surface area (Å²) in [4.78, 5) is 11.4. The maximum Gasteiger partial charge on any atom is 0.323 e. The van der Waals surface area contributed by atoms with Crippen molar-refractivity contribution in [1.82, 2.24) is 0 Å². The molecule has 5 unspecified atom stereocenters. The van der Waals surface area contributed by atoms with E-state index in [1.807, 2.05) is 0 Å². The number of hydrogen-bond acceptors (Lipinski definition) is 7. The molecule has 1 N–H and O–H groups in total. The van der Waals surface area contributed by atoms with Crippen molar-refractivity contribution in [2.45, 2.75) is 30.3 Å². The first kappa shape index (κ1) is 13.3. The summed E-state index contributed by atoms with van der Waals surface area (Å²) in [5.74, 6) is -2.61. The molecule has 5 atom stereocenters. The summed E-state index contributed by atoms with van der Waals surface area (Å²) in [5, 5.41) is -0.901. The highest BCUT2D eigenvalue weighted by Gasteiger charge is 2.66. The Labute approximate surface area is 109 Å². The van der Waals surface area contributed by atoms with E-state index < -0.39 is 43.3 Å². The number of rotatable bonds is 3. The second-order valence-corrected chi connectivity index (χ2v) is 8.34. The summed E-state index contributed by atoms with van der Waals surface area (Å²) in [7, 11) is -8.23. The number of carbonyl (C=O) groups excluding carboxylic acids is 1. The van der Waals surface area contributed by atoms with E-state index in [-0.39, 0.29) is 17.9 Å². The van der Waals surface area contributed by atoms with E-state index in [1.54, 1.807) is 0 Å². The molecule has 0 aromatic rings. The first-order valence-electron chi connectivity index (χ1n) is 5.74. The maximum atomic E-state index is 11.8. The van der Waals surface area contributed by atoms with Crippen LogP contribution in [0.2, 0.25) is 0 Å². The van der Waals surface area contributed by atoms with Crippen molar-refractivity contribution in [1.29, 1.82) is 0 Å². The molecule has 1 heterocycles. The monoisotopic (exact) mass is 312 g/mol. The second kappa shape index (κ2) is 3.90. The lowest BCUT2D eigenvalue weighted by atomic mass is 9.95. The van der Waals surface area contributed by atoms with Gasteiger partial charge in [-0.3, -0.25) is 13.5 Å². The average Bonchev–Trinajstić information content (AvgIpc) is 2.74. The molecule has 2 bridgehead atoms. The molecule has 2 saturated carbocycles. The van der Waals surface area contributed by atoms with Crippen LogP contribution in [0.15, 0.2) is 0 Å². The summed E-state index contributed by atoms with van der Waals surface area (Å²) in [5.41, 5.74) is 0. The lowest BCUT2D eigenvalue weighted by Gasteiger charge is -2.24. The zero-order valence-corrected chi connectivity index (χ0v) is 11.3. The van der Waals surface area contributed by atoms with Gasteiger partial charge in [-0.25, -0.2) is 0 Å². The Balaban J connectivity index is 1.78. The molecule has 19 heavy (non-hydrogen) atoms. The molecule has 0 amide bonds. The Hall–Kier alpha value is -0.710. The molecule has 3 fully saturated rings. The molecule has 108 valence electrons. The summed E-state index contributed by atoms with van der Waals surface area (Å²) in [6, 6.07) is 0. The van der Waals surface area contributed by atoms with Crippen LogP contribution in [-0.2, 0) is 34.0 Å². The molecule has 3 aliphatic rings. The van der Waals surface area contributed by atoms with Crippen molar-refractivity contribution in [3.05, 3.63) is 0 Å². The number of fused-ring (bicyclic) bond motifs is 1. The van der Waals surface area contributed by atoms with E-state index in [0.29, 0.717) is 12.8 Å².